The average molecular weight is 483 g/mol. The summed E-state index contributed by atoms with van der Waals surface area (Å²) in [5.41, 5.74) is 1.36. The monoisotopic (exact) mass is 482 g/mol. The van der Waals surface area contributed by atoms with E-state index < -0.39 is 22.1 Å². The molecule has 6 heteroatoms. The van der Waals surface area contributed by atoms with Crippen molar-refractivity contribution in [3.63, 3.8) is 0 Å². The van der Waals surface area contributed by atoms with Crippen molar-refractivity contribution < 1.29 is 22.3 Å². The average Bonchev–Trinajstić information content (AvgIpc) is 3.03. The second-order valence-electron chi connectivity index (χ2n) is 13.1. The Balaban J connectivity index is 1.46. The van der Waals surface area contributed by atoms with E-state index in [2.05, 4.69) is 26.8 Å². The van der Waals surface area contributed by atoms with Gasteiger partial charge in [0.25, 0.3) is 0 Å². The number of allylic oxidation sites excluding steroid dienone is 1. The summed E-state index contributed by atoms with van der Waals surface area (Å²) < 4.78 is 36.5. The molecule has 0 bridgehead atoms. The predicted octanol–water partition coefficient (Wildman–Crippen LogP) is 6.33. The molecule has 0 radical (unpaired) electrons. The predicted molar refractivity (Wildman–Crippen MR) is 131 cm³/mol. The van der Waals surface area contributed by atoms with Gasteiger partial charge in [0.1, 0.15) is 0 Å². The number of fused-ring (bicyclic) bond motifs is 5. The van der Waals surface area contributed by atoms with Crippen molar-refractivity contribution in [2.75, 3.05) is 0 Å². The number of hydrogen-bond donors (Lipinski definition) is 2. The van der Waals surface area contributed by atoms with Gasteiger partial charge in [-0.05, 0) is 112 Å². The van der Waals surface area contributed by atoms with Crippen LogP contribution < -0.4 is 0 Å². The van der Waals surface area contributed by atoms with Crippen LogP contribution in [0, 0.1) is 40.4 Å². The molecule has 0 spiro atoms. The van der Waals surface area contributed by atoms with E-state index in [4.69, 9.17) is 8.74 Å². The van der Waals surface area contributed by atoms with Crippen molar-refractivity contribution in [3.05, 3.63) is 11.6 Å². The van der Waals surface area contributed by atoms with Crippen LogP contribution in [-0.4, -0.2) is 29.8 Å². The molecule has 4 aliphatic rings. The lowest BCUT2D eigenvalue weighted by molar-refractivity contribution is -0.0563. The number of hydrogen-bond acceptors (Lipinski definition) is 4. The summed E-state index contributed by atoms with van der Waals surface area (Å²) in [6.45, 7) is 11.3. The fourth-order valence-electron chi connectivity index (χ4n) is 8.91. The third kappa shape index (κ3) is 5.10. The SMILES string of the molecule is C[C@H](CCCC(C)(C)O)[C@H]1CC[C@H]2[C@@H]3CC=C4C[C@H](OS(=O)(=O)O)CC[C@]4(C)[C@H]3CC[C@]12C. The molecule has 0 heterocycles. The molecule has 0 aliphatic heterocycles. The Labute approximate surface area is 201 Å². The van der Waals surface area contributed by atoms with Gasteiger partial charge in [-0.1, -0.05) is 45.3 Å². The van der Waals surface area contributed by atoms with Crippen LogP contribution in [0.15, 0.2) is 11.6 Å². The van der Waals surface area contributed by atoms with Crippen LogP contribution in [0.5, 0.6) is 0 Å². The van der Waals surface area contributed by atoms with Crippen molar-refractivity contribution in [1.29, 1.82) is 0 Å². The van der Waals surface area contributed by atoms with Gasteiger partial charge in [-0.15, -0.1) is 0 Å². The van der Waals surface area contributed by atoms with Crippen LogP contribution in [0.2, 0.25) is 0 Å². The first-order valence-corrected chi connectivity index (χ1v) is 14.7. The second-order valence-corrected chi connectivity index (χ2v) is 14.1. The van der Waals surface area contributed by atoms with E-state index in [1.807, 2.05) is 13.8 Å². The smallest absolute Gasteiger partial charge is 0.390 e. The Morgan fingerprint density at radius 1 is 1.15 bits per heavy atom. The minimum atomic E-state index is -4.40. The summed E-state index contributed by atoms with van der Waals surface area (Å²) in [5, 5.41) is 10.1. The number of aliphatic hydroxyl groups is 1. The van der Waals surface area contributed by atoms with E-state index in [1.54, 1.807) is 0 Å². The minimum absolute atomic E-state index is 0.139. The van der Waals surface area contributed by atoms with Crippen LogP contribution in [0.1, 0.15) is 105 Å². The van der Waals surface area contributed by atoms with E-state index >= 15 is 0 Å². The van der Waals surface area contributed by atoms with Crippen LogP contribution in [0.25, 0.3) is 0 Å². The van der Waals surface area contributed by atoms with Gasteiger partial charge in [-0.3, -0.25) is 4.55 Å². The van der Waals surface area contributed by atoms with Gasteiger partial charge in [0, 0.05) is 0 Å². The highest BCUT2D eigenvalue weighted by molar-refractivity contribution is 7.80. The lowest BCUT2D eigenvalue weighted by atomic mass is 9.47. The fraction of sp³-hybridized carbons (Fsp3) is 0.926. The first-order valence-electron chi connectivity index (χ1n) is 13.3. The molecule has 3 fully saturated rings. The molecule has 2 N–H and O–H groups in total. The van der Waals surface area contributed by atoms with Crippen molar-refractivity contribution in [2.45, 2.75) is 117 Å². The van der Waals surface area contributed by atoms with Crippen LogP contribution in [-0.2, 0) is 14.6 Å². The van der Waals surface area contributed by atoms with Gasteiger partial charge in [-0.2, -0.15) is 8.42 Å². The molecule has 5 nitrogen and oxygen atoms in total. The summed E-state index contributed by atoms with van der Waals surface area (Å²) in [6.07, 6.45) is 13.8. The van der Waals surface area contributed by atoms with E-state index in [9.17, 15) is 13.5 Å². The Morgan fingerprint density at radius 2 is 1.88 bits per heavy atom. The zero-order valence-electron chi connectivity index (χ0n) is 21.3. The topological polar surface area (TPSA) is 83.8 Å². The highest BCUT2D eigenvalue weighted by Gasteiger charge is 2.59. The molecule has 0 unspecified atom stereocenters. The standard InChI is InChI=1S/C27H46O5S/c1-18(7-6-14-25(2,3)28)22-10-11-23-21-9-8-19-17-20(32-33(29,30)31)12-15-26(19,4)24(21)13-16-27(22,23)5/h8,18,20-24,28H,6-7,9-17H2,1-5H3,(H,29,30,31)/t18-,20-,21+,22-,23+,24+,26+,27-/m1/s1. The zero-order chi connectivity index (χ0) is 24.2. The maximum Gasteiger partial charge on any atom is 0.397 e. The lowest BCUT2D eigenvalue weighted by Crippen LogP contribution is -2.51. The summed E-state index contributed by atoms with van der Waals surface area (Å²) in [6, 6.07) is 0. The Hall–Kier alpha value is -0.430. The molecule has 0 aromatic rings. The normalized spacial score (nSPS) is 42.2. The van der Waals surface area contributed by atoms with Gasteiger partial charge in [-0.25, -0.2) is 4.18 Å². The van der Waals surface area contributed by atoms with E-state index in [1.165, 1.54) is 37.7 Å². The minimum Gasteiger partial charge on any atom is -0.390 e. The lowest BCUT2D eigenvalue weighted by Gasteiger charge is -2.58. The molecule has 4 aliphatic carbocycles. The fourth-order valence-corrected chi connectivity index (χ4v) is 9.42. The van der Waals surface area contributed by atoms with Crippen molar-refractivity contribution in [3.8, 4) is 0 Å². The third-order valence-electron chi connectivity index (χ3n) is 10.5. The summed E-state index contributed by atoms with van der Waals surface area (Å²) in [4.78, 5) is 0. The van der Waals surface area contributed by atoms with E-state index in [0.29, 0.717) is 30.1 Å². The number of rotatable bonds is 7. The zero-order valence-corrected chi connectivity index (χ0v) is 22.2. The maximum atomic E-state index is 11.2. The second kappa shape index (κ2) is 8.90. The summed E-state index contributed by atoms with van der Waals surface area (Å²) in [7, 11) is -4.40. The molecule has 0 aromatic heterocycles. The molecule has 0 saturated heterocycles. The van der Waals surface area contributed by atoms with Crippen molar-refractivity contribution in [2.24, 2.45) is 40.4 Å². The van der Waals surface area contributed by atoms with Gasteiger partial charge in [0.2, 0.25) is 0 Å². The molecule has 33 heavy (non-hydrogen) atoms. The van der Waals surface area contributed by atoms with E-state index in [-0.39, 0.29) is 5.41 Å². The van der Waals surface area contributed by atoms with Crippen LogP contribution in [0.3, 0.4) is 0 Å². The highest BCUT2D eigenvalue weighted by Crippen LogP contribution is 2.67. The highest BCUT2D eigenvalue weighted by atomic mass is 32.3. The van der Waals surface area contributed by atoms with Crippen molar-refractivity contribution >= 4 is 10.4 Å². The van der Waals surface area contributed by atoms with Crippen LogP contribution in [0.4, 0.5) is 0 Å². The van der Waals surface area contributed by atoms with Gasteiger partial charge < -0.3 is 5.11 Å². The Morgan fingerprint density at radius 3 is 2.55 bits per heavy atom. The first-order chi connectivity index (χ1) is 15.2. The summed E-state index contributed by atoms with van der Waals surface area (Å²) >= 11 is 0. The molecule has 0 aromatic carbocycles. The molecule has 4 rings (SSSR count). The van der Waals surface area contributed by atoms with Crippen molar-refractivity contribution in [1.82, 2.24) is 0 Å². The quantitative estimate of drug-likeness (QED) is 0.327. The molecular weight excluding hydrogens is 436 g/mol. The molecule has 190 valence electrons. The van der Waals surface area contributed by atoms with Gasteiger partial charge >= 0.3 is 10.4 Å². The van der Waals surface area contributed by atoms with Gasteiger partial charge in [0.05, 0.1) is 11.7 Å². The maximum absolute atomic E-state index is 11.2. The first kappa shape index (κ1) is 25.7. The Bertz CT molecular complexity index is 858. The Kier molecular flexibility index (Phi) is 6.92. The molecule has 0 amide bonds. The van der Waals surface area contributed by atoms with Crippen LogP contribution >= 0.6 is 0 Å². The summed E-state index contributed by atoms with van der Waals surface area (Å²) in [5.74, 6) is 3.66. The van der Waals surface area contributed by atoms with E-state index in [0.717, 1.165) is 43.4 Å². The molecular formula is C27H46O5S. The van der Waals surface area contributed by atoms with Gasteiger partial charge in [0.15, 0.2) is 0 Å². The largest absolute Gasteiger partial charge is 0.397 e. The molecule has 8 atom stereocenters. The third-order valence-corrected chi connectivity index (χ3v) is 11.0. The molecule has 3 saturated carbocycles.